The maximum Gasteiger partial charge on any atom is 0.134 e. The van der Waals surface area contributed by atoms with Crippen molar-refractivity contribution in [1.29, 1.82) is 0 Å². The highest BCUT2D eigenvalue weighted by molar-refractivity contribution is 9.10. The van der Waals surface area contributed by atoms with E-state index in [-0.39, 0.29) is 0 Å². The third-order valence-corrected chi connectivity index (χ3v) is 3.33. The highest BCUT2D eigenvalue weighted by Crippen LogP contribution is 2.26. The molecule has 0 unspecified atom stereocenters. The van der Waals surface area contributed by atoms with Crippen molar-refractivity contribution in [3.05, 3.63) is 63.6 Å². The molecule has 0 aliphatic carbocycles. The number of nitrogens with two attached hydrogens (primary N) is 1. The fourth-order valence-corrected chi connectivity index (χ4v) is 2.29. The Morgan fingerprint density at radius 3 is 2.61 bits per heavy atom. The molecule has 0 aliphatic rings. The van der Waals surface area contributed by atoms with Gasteiger partial charge in [-0.3, -0.25) is 0 Å². The fourth-order valence-electron chi connectivity index (χ4n) is 1.75. The summed E-state index contributed by atoms with van der Waals surface area (Å²) in [5, 5.41) is 0. The molecule has 0 saturated carbocycles. The van der Waals surface area contributed by atoms with Crippen LogP contribution in [0.4, 0.5) is 0 Å². The molecule has 94 valence electrons. The fraction of sp³-hybridized carbons (Fsp3) is 0.200. The van der Waals surface area contributed by atoms with Crippen molar-refractivity contribution in [3.63, 3.8) is 0 Å². The molecule has 3 heteroatoms. The molecule has 0 radical (unpaired) electrons. The Morgan fingerprint density at radius 1 is 1.11 bits per heavy atom. The van der Waals surface area contributed by atoms with Crippen LogP contribution in [-0.4, -0.2) is 0 Å². The van der Waals surface area contributed by atoms with E-state index < -0.39 is 0 Å². The van der Waals surface area contributed by atoms with E-state index in [9.17, 15) is 0 Å². The average molecular weight is 306 g/mol. The Bertz CT molecular complexity index is 540. The molecule has 0 heterocycles. The van der Waals surface area contributed by atoms with Crippen LogP contribution < -0.4 is 10.5 Å². The Hall–Kier alpha value is -1.32. The van der Waals surface area contributed by atoms with Gasteiger partial charge in [0, 0.05) is 6.54 Å². The highest BCUT2D eigenvalue weighted by atomic mass is 79.9. The average Bonchev–Trinajstić information content (AvgIpc) is 2.37. The topological polar surface area (TPSA) is 35.2 Å². The second-order valence-corrected chi connectivity index (χ2v) is 5.10. The molecule has 2 rings (SSSR count). The first kappa shape index (κ1) is 13.1. The van der Waals surface area contributed by atoms with Crippen LogP contribution in [-0.2, 0) is 13.2 Å². The highest BCUT2D eigenvalue weighted by Gasteiger charge is 2.02. The molecule has 2 N–H and O–H groups in total. The van der Waals surface area contributed by atoms with Crippen LogP contribution in [0, 0.1) is 6.92 Å². The minimum atomic E-state index is 0.538. The Labute approximate surface area is 116 Å². The first-order chi connectivity index (χ1) is 8.69. The van der Waals surface area contributed by atoms with Gasteiger partial charge in [-0.2, -0.15) is 0 Å². The first-order valence-electron chi connectivity index (χ1n) is 5.86. The van der Waals surface area contributed by atoms with E-state index in [1.54, 1.807) is 0 Å². The number of ether oxygens (including phenoxy) is 1. The Morgan fingerprint density at radius 2 is 1.94 bits per heavy atom. The molecule has 0 fully saturated rings. The maximum absolute atomic E-state index is 5.79. The standard InChI is InChI=1S/C15H16BrNO/c1-11-3-2-4-13(7-11)10-18-15-6-5-12(9-17)8-14(15)16/h2-8H,9-10,17H2,1H3. The van der Waals surface area contributed by atoms with Gasteiger partial charge in [0.05, 0.1) is 4.47 Å². The van der Waals surface area contributed by atoms with Gasteiger partial charge in [-0.05, 0) is 46.1 Å². The van der Waals surface area contributed by atoms with E-state index in [0.29, 0.717) is 13.2 Å². The summed E-state index contributed by atoms with van der Waals surface area (Å²) in [7, 11) is 0. The predicted octanol–water partition coefficient (Wildman–Crippen LogP) is 3.80. The summed E-state index contributed by atoms with van der Waals surface area (Å²) >= 11 is 3.50. The van der Waals surface area contributed by atoms with Crippen molar-refractivity contribution in [2.45, 2.75) is 20.1 Å². The van der Waals surface area contributed by atoms with Crippen LogP contribution in [0.1, 0.15) is 16.7 Å². The number of benzene rings is 2. The predicted molar refractivity (Wildman–Crippen MR) is 77.5 cm³/mol. The van der Waals surface area contributed by atoms with E-state index in [1.165, 1.54) is 11.1 Å². The number of hydrogen-bond donors (Lipinski definition) is 1. The summed E-state index contributed by atoms with van der Waals surface area (Å²) in [5.74, 6) is 0.841. The lowest BCUT2D eigenvalue weighted by Crippen LogP contribution is -1.99. The zero-order valence-electron chi connectivity index (χ0n) is 10.3. The molecule has 2 aromatic carbocycles. The van der Waals surface area contributed by atoms with Gasteiger partial charge in [0.1, 0.15) is 12.4 Å². The quantitative estimate of drug-likeness (QED) is 0.932. The van der Waals surface area contributed by atoms with Crippen molar-refractivity contribution in [2.75, 3.05) is 0 Å². The molecule has 0 bridgehead atoms. The molecule has 0 amide bonds. The molecule has 2 nitrogen and oxygen atoms in total. The number of hydrogen-bond acceptors (Lipinski definition) is 2. The van der Waals surface area contributed by atoms with Gasteiger partial charge < -0.3 is 10.5 Å². The Balaban J connectivity index is 2.06. The van der Waals surface area contributed by atoms with E-state index in [1.807, 2.05) is 24.3 Å². The van der Waals surface area contributed by atoms with Crippen LogP contribution in [0.2, 0.25) is 0 Å². The summed E-state index contributed by atoms with van der Waals surface area (Å²) in [5.41, 5.74) is 9.09. The molecular weight excluding hydrogens is 290 g/mol. The van der Waals surface area contributed by atoms with E-state index in [2.05, 4.69) is 41.1 Å². The van der Waals surface area contributed by atoms with Crippen LogP contribution in [0.3, 0.4) is 0 Å². The molecule has 0 aromatic heterocycles. The zero-order valence-corrected chi connectivity index (χ0v) is 11.9. The summed E-state index contributed by atoms with van der Waals surface area (Å²) < 4.78 is 6.73. The monoisotopic (exact) mass is 305 g/mol. The van der Waals surface area contributed by atoms with E-state index in [0.717, 1.165) is 15.8 Å². The zero-order chi connectivity index (χ0) is 13.0. The molecule has 0 spiro atoms. The summed E-state index contributed by atoms with van der Waals surface area (Å²) in [6.07, 6.45) is 0. The van der Waals surface area contributed by atoms with E-state index in [4.69, 9.17) is 10.5 Å². The van der Waals surface area contributed by atoms with E-state index >= 15 is 0 Å². The van der Waals surface area contributed by atoms with Crippen LogP contribution in [0.5, 0.6) is 5.75 Å². The summed E-state index contributed by atoms with van der Waals surface area (Å²) in [4.78, 5) is 0. The van der Waals surface area contributed by atoms with Gasteiger partial charge in [-0.1, -0.05) is 35.9 Å². The number of rotatable bonds is 4. The molecular formula is C15H16BrNO. The lowest BCUT2D eigenvalue weighted by Gasteiger charge is -2.09. The van der Waals surface area contributed by atoms with Gasteiger partial charge in [0.25, 0.3) is 0 Å². The van der Waals surface area contributed by atoms with Crippen LogP contribution >= 0.6 is 15.9 Å². The van der Waals surface area contributed by atoms with Crippen molar-refractivity contribution in [3.8, 4) is 5.75 Å². The van der Waals surface area contributed by atoms with Crippen molar-refractivity contribution in [1.82, 2.24) is 0 Å². The van der Waals surface area contributed by atoms with Gasteiger partial charge in [-0.25, -0.2) is 0 Å². The first-order valence-corrected chi connectivity index (χ1v) is 6.65. The second-order valence-electron chi connectivity index (χ2n) is 4.25. The van der Waals surface area contributed by atoms with Crippen molar-refractivity contribution < 1.29 is 4.74 Å². The molecule has 0 aliphatic heterocycles. The summed E-state index contributed by atoms with van der Waals surface area (Å²) in [6, 6.07) is 14.2. The minimum Gasteiger partial charge on any atom is -0.488 e. The van der Waals surface area contributed by atoms with Crippen molar-refractivity contribution >= 4 is 15.9 Å². The number of aryl methyl sites for hydroxylation is 1. The second kappa shape index (κ2) is 6.03. The molecule has 0 atom stereocenters. The normalized spacial score (nSPS) is 10.4. The Kier molecular flexibility index (Phi) is 4.39. The third-order valence-electron chi connectivity index (χ3n) is 2.71. The smallest absolute Gasteiger partial charge is 0.134 e. The van der Waals surface area contributed by atoms with Gasteiger partial charge >= 0.3 is 0 Å². The van der Waals surface area contributed by atoms with Gasteiger partial charge in [0.15, 0.2) is 0 Å². The maximum atomic E-state index is 5.79. The SMILES string of the molecule is Cc1cccc(COc2ccc(CN)cc2Br)c1. The molecule has 0 saturated heterocycles. The van der Waals surface area contributed by atoms with Crippen LogP contribution in [0.15, 0.2) is 46.9 Å². The van der Waals surface area contributed by atoms with Gasteiger partial charge in [0.2, 0.25) is 0 Å². The molecule has 18 heavy (non-hydrogen) atoms. The van der Waals surface area contributed by atoms with Gasteiger partial charge in [-0.15, -0.1) is 0 Å². The lowest BCUT2D eigenvalue weighted by atomic mass is 10.1. The molecule has 2 aromatic rings. The third kappa shape index (κ3) is 3.34. The van der Waals surface area contributed by atoms with Crippen LogP contribution in [0.25, 0.3) is 0 Å². The lowest BCUT2D eigenvalue weighted by molar-refractivity contribution is 0.304. The van der Waals surface area contributed by atoms with Crippen molar-refractivity contribution in [2.24, 2.45) is 5.73 Å². The summed E-state index contributed by atoms with van der Waals surface area (Å²) in [6.45, 7) is 3.19. The largest absolute Gasteiger partial charge is 0.488 e. The minimum absolute atomic E-state index is 0.538. The number of halogens is 1.